The number of ether oxygens (including phenoxy) is 1. The number of aromatic nitrogens is 1. The Labute approximate surface area is 198 Å². The summed E-state index contributed by atoms with van der Waals surface area (Å²) >= 11 is 0. The summed E-state index contributed by atoms with van der Waals surface area (Å²) in [6, 6.07) is 16.6. The van der Waals surface area contributed by atoms with E-state index in [2.05, 4.69) is 10.3 Å². The van der Waals surface area contributed by atoms with Gasteiger partial charge in [0.1, 0.15) is 17.4 Å². The zero-order chi connectivity index (χ0) is 24.1. The third-order valence-electron chi connectivity index (χ3n) is 5.62. The maximum Gasteiger partial charge on any atom is 0.257 e. The monoisotopic (exact) mass is 476 g/mol. The highest BCUT2D eigenvalue weighted by Crippen LogP contribution is 2.28. The average Bonchev–Trinajstić information content (AvgIpc) is 2.86. The summed E-state index contributed by atoms with van der Waals surface area (Å²) in [5.41, 5.74) is 1.63. The van der Waals surface area contributed by atoms with Gasteiger partial charge in [-0.2, -0.15) is 9.57 Å². The zero-order valence-electron chi connectivity index (χ0n) is 18.7. The third-order valence-corrected chi connectivity index (χ3v) is 7.57. The Morgan fingerprint density at radius 2 is 1.85 bits per heavy atom. The summed E-state index contributed by atoms with van der Waals surface area (Å²) < 4.78 is 33.6. The number of benzene rings is 2. The lowest BCUT2D eigenvalue weighted by Crippen LogP contribution is -2.36. The zero-order valence-corrected chi connectivity index (χ0v) is 19.5. The van der Waals surface area contributed by atoms with Crippen molar-refractivity contribution in [3.8, 4) is 17.7 Å². The van der Waals surface area contributed by atoms with E-state index in [1.54, 1.807) is 49.4 Å². The van der Waals surface area contributed by atoms with Crippen molar-refractivity contribution in [1.82, 2.24) is 9.29 Å². The Morgan fingerprint density at radius 3 is 2.59 bits per heavy atom. The standard InChI is InChI=1S/C25H24N4O4S/c1-18-16-20(33-25-19(17-26)8-7-13-27-25)11-12-22(18)28-24(30)21-9-3-4-10-23(21)34(31,32)29-14-5-2-6-15-29/h3-4,7-13,16H,2,5-6,14-15H2,1H3,(H,28,30). The fraction of sp³-hybridized carbons (Fsp3) is 0.240. The molecular weight excluding hydrogens is 452 g/mol. The van der Waals surface area contributed by atoms with Gasteiger partial charge in [0.25, 0.3) is 5.91 Å². The summed E-state index contributed by atoms with van der Waals surface area (Å²) in [5.74, 6) is 0.140. The number of sulfonamides is 1. The second kappa shape index (κ2) is 10.0. The van der Waals surface area contributed by atoms with E-state index in [-0.39, 0.29) is 16.3 Å². The van der Waals surface area contributed by atoms with Crippen LogP contribution in [0.2, 0.25) is 0 Å². The molecule has 9 heteroatoms. The van der Waals surface area contributed by atoms with Gasteiger partial charge >= 0.3 is 0 Å². The molecule has 0 spiro atoms. The quantitative estimate of drug-likeness (QED) is 0.561. The summed E-state index contributed by atoms with van der Waals surface area (Å²) in [4.78, 5) is 17.2. The van der Waals surface area contributed by atoms with Crippen LogP contribution in [0.25, 0.3) is 0 Å². The van der Waals surface area contributed by atoms with Gasteiger partial charge in [0.15, 0.2) is 0 Å². The molecule has 1 saturated heterocycles. The van der Waals surface area contributed by atoms with Crippen LogP contribution in [0.15, 0.2) is 65.7 Å². The van der Waals surface area contributed by atoms with Gasteiger partial charge < -0.3 is 10.1 Å². The second-order valence-corrected chi connectivity index (χ2v) is 9.87. The number of carbonyl (C=O) groups excluding carboxylic acids is 1. The fourth-order valence-corrected chi connectivity index (χ4v) is 5.53. The second-order valence-electron chi connectivity index (χ2n) is 7.96. The maximum atomic E-state index is 13.2. The molecule has 0 saturated carbocycles. The van der Waals surface area contributed by atoms with Gasteiger partial charge in [-0.3, -0.25) is 4.79 Å². The summed E-state index contributed by atoms with van der Waals surface area (Å²) in [7, 11) is -3.77. The van der Waals surface area contributed by atoms with Crippen molar-refractivity contribution in [2.24, 2.45) is 0 Å². The predicted molar refractivity (Wildman–Crippen MR) is 127 cm³/mol. The predicted octanol–water partition coefficient (Wildman–Crippen LogP) is 4.48. The van der Waals surface area contributed by atoms with Gasteiger partial charge in [-0.05, 0) is 67.8 Å². The SMILES string of the molecule is Cc1cc(Oc2ncccc2C#N)ccc1NC(=O)c1ccccc1S(=O)(=O)N1CCCCC1. The van der Waals surface area contributed by atoms with Crippen molar-refractivity contribution < 1.29 is 17.9 Å². The molecule has 8 nitrogen and oxygen atoms in total. The highest BCUT2D eigenvalue weighted by atomic mass is 32.2. The molecule has 3 aromatic rings. The molecule has 4 rings (SSSR count). The molecule has 1 aromatic heterocycles. The topological polar surface area (TPSA) is 112 Å². The highest BCUT2D eigenvalue weighted by molar-refractivity contribution is 7.89. The van der Waals surface area contributed by atoms with E-state index in [9.17, 15) is 18.5 Å². The molecule has 0 bridgehead atoms. The average molecular weight is 477 g/mol. The van der Waals surface area contributed by atoms with Crippen molar-refractivity contribution in [3.05, 3.63) is 77.5 Å². The van der Waals surface area contributed by atoms with Gasteiger partial charge in [-0.1, -0.05) is 18.6 Å². The van der Waals surface area contributed by atoms with Crippen LogP contribution < -0.4 is 10.1 Å². The van der Waals surface area contributed by atoms with Gasteiger partial charge in [-0.15, -0.1) is 0 Å². The summed E-state index contributed by atoms with van der Waals surface area (Å²) in [6.07, 6.45) is 4.17. The number of aryl methyl sites for hydroxylation is 1. The number of nitriles is 1. The molecule has 174 valence electrons. The Kier molecular flexibility index (Phi) is 6.91. The number of nitrogens with zero attached hydrogens (tertiary/aromatic N) is 3. The lowest BCUT2D eigenvalue weighted by molar-refractivity contribution is 0.102. The van der Waals surface area contributed by atoms with Crippen LogP contribution in [0.1, 0.15) is 40.7 Å². The molecule has 1 aliphatic heterocycles. The number of pyridine rings is 1. The fourth-order valence-electron chi connectivity index (χ4n) is 3.82. The number of piperidine rings is 1. The van der Waals surface area contributed by atoms with Crippen molar-refractivity contribution >= 4 is 21.6 Å². The number of amides is 1. The molecule has 1 fully saturated rings. The largest absolute Gasteiger partial charge is 0.438 e. The third kappa shape index (κ3) is 4.93. The molecule has 1 aliphatic rings. The summed E-state index contributed by atoms with van der Waals surface area (Å²) in [5, 5.41) is 12.0. The normalized spacial score (nSPS) is 14.2. The smallest absolute Gasteiger partial charge is 0.257 e. The van der Waals surface area contributed by atoms with Gasteiger partial charge in [0.05, 0.1) is 10.5 Å². The first kappa shape index (κ1) is 23.4. The Morgan fingerprint density at radius 1 is 1.09 bits per heavy atom. The molecule has 0 radical (unpaired) electrons. The van der Waals surface area contributed by atoms with Crippen LogP contribution in [0.4, 0.5) is 5.69 Å². The van der Waals surface area contributed by atoms with Crippen molar-refractivity contribution in [3.63, 3.8) is 0 Å². The van der Waals surface area contributed by atoms with E-state index in [4.69, 9.17) is 4.74 Å². The van der Waals surface area contributed by atoms with E-state index in [0.29, 0.717) is 35.7 Å². The van der Waals surface area contributed by atoms with Crippen LogP contribution in [0, 0.1) is 18.3 Å². The minimum Gasteiger partial charge on any atom is -0.438 e. The molecule has 0 atom stereocenters. The number of carbonyl (C=O) groups is 1. The molecule has 1 N–H and O–H groups in total. The van der Waals surface area contributed by atoms with E-state index in [1.165, 1.54) is 22.6 Å². The minimum absolute atomic E-state index is 0.00573. The number of anilines is 1. The lowest BCUT2D eigenvalue weighted by Gasteiger charge is -2.26. The van der Waals surface area contributed by atoms with E-state index < -0.39 is 15.9 Å². The maximum absolute atomic E-state index is 13.2. The molecular formula is C25H24N4O4S. The van der Waals surface area contributed by atoms with Crippen LogP contribution in [0.5, 0.6) is 11.6 Å². The minimum atomic E-state index is -3.77. The van der Waals surface area contributed by atoms with Crippen molar-refractivity contribution in [2.75, 3.05) is 18.4 Å². The van der Waals surface area contributed by atoms with Crippen molar-refractivity contribution in [2.45, 2.75) is 31.1 Å². The van der Waals surface area contributed by atoms with Gasteiger partial charge in [-0.25, -0.2) is 13.4 Å². The van der Waals surface area contributed by atoms with Gasteiger partial charge in [0, 0.05) is 25.0 Å². The lowest BCUT2D eigenvalue weighted by atomic mass is 10.1. The van der Waals surface area contributed by atoms with E-state index >= 15 is 0 Å². The molecule has 0 aliphatic carbocycles. The Balaban J connectivity index is 1.55. The van der Waals surface area contributed by atoms with Crippen LogP contribution >= 0.6 is 0 Å². The molecule has 2 aromatic carbocycles. The highest BCUT2D eigenvalue weighted by Gasteiger charge is 2.29. The number of rotatable bonds is 6. The molecule has 2 heterocycles. The molecule has 34 heavy (non-hydrogen) atoms. The molecule has 0 unspecified atom stereocenters. The first-order valence-electron chi connectivity index (χ1n) is 10.9. The Hall–Kier alpha value is -3.74. The van der Waals surface area contributed by atoms with E-state index in [1.807, 2.05) is 6.07 Å². The van der Waals surface area contributed by atoms with Gasteiger partial charge in [0.2, 0.25) is 15.9 Å². The van der Waals surface area contributed by atoms with Crippen LogP contribution in [-0.2, 0) is 10.0 Å². The first-order chi connectivity index (χ1) is 16.4. The van der Waals surface area contributed by atoms with Crippen LogP contribution in [0.3, 0.4) is 0 Å². The summed E-state index contributed by atoms with van der Waals surface area (Å²) in [6.45, 7) is 2.72. The van der Waals surface area contributed by atoms with E-state index in [0.717, 1.165) is 19.3 Å². The van der Waals surface area contributed by atoms with Crippen LogP contribution in [-0.4, -0.2) is 36.7 Å². The number of hydrogen-bond acceptors (Lipinski definition) is 6. The number of nitrogens with one attached hydrogen (secondary N) is 1. The number of hydrogen-bond donors (Lipinski definition) is 1. The van der Waals surface area contributed by atoms with Crippen molar-refractivity contribution in [1.29, 1.82) is 5.26 Å². The first-order valence-corrected chi connectivity index (χ1v) is 12.4. The molecule has 1 amide bonds. The Bertz CT molecular complexity index is 1360.